The molecular weight excluding hydrogens is 260 g/mol. The summed E-state index contributed by atoms with van der Waals surface area (Å²) in [5.74, 6) is -0.962. The zero-order valence-corrected chi connectivity index (χ0v) is 11.6. The summed E-state index contributed by atoms with van der Waals surface area (Å²) in [4.78, 5) is 23.1. The smallest absolute Gasteiger partial charge is 0.252 e. The highest BCUT2D eigenvalue weighted by Gasteiger charge is 2.13. The fraction of sp³-hybridized carbons (Fsp3) is 0.429. The summed E-state index contributed by atoms with van der Waals surface area (Å²) in [5.41, 5.74) is 5.70. The molecule has 0 radical (unpaired) electrons. The minimum absolute atomic E-state index is 0.210. The van der Waals surface area contributed by atoms with Gasteiger partial charge >= 0.3 is 0 Å². The average Bonchev–Trinajstić information content (AvgIpc) is 2.46. The van der Waals surface area contributed by atoms with Crippen LogP contribution in [0, 0.1) is 0 Å². The molecule has 6 nitrogen and oxygen atoms in total. The van der Waals surface area contributed by atoms with Gasteiger partial charge in [0.1, 0.15) is 0 Å². The number of nitrogens with one attached hydrogen (secondary N) is 1. The third kappa shape index (κ3) is 5.38. The predicted molar refractivity (Wildman–Crippen MR) is 74.6 cm³/mol. The number of hydrogen-bond acceptors (Lipinski definition) is 4. The topological polar surface area (TPSA) is 90.7 Å². The molecule has 0 atom stereocenters. The van der Waals surface area contributed by atoms with Gasteiger partial charge in [0.15, 0.2) is 0 Å². The normalized spacial score (nSPS) is 10.2. The monoisotopic (exact) mass is 280 g/mol. The van der Waals surface area contributed by atoms with Gasteiger partial charge in [-0.05, 0) is 19.1 Å². The Hall–Kier alpha value is -1.92. The Morgan fingerprint density at radius 2 is 1.75 bits per heavy atom. The van der Waals surface area contributed by atoms with E-state index in [1.165, 1.54) is 6.07 Å². The molecule has 0 aliphatic rings. The molecule has 2 amide bonds. The maximum atomic E-state index is 11.9. The van der Waals surface area contributed by atoms with E-state index in [-0.39, 0.29) is 17.0 Å². The molecular formula is C14H20N2O4. The van der Waals surface area contributed by atoms with E-state index < -0.39 is 5.91 Å². The summed E-state index contributed by atoms with van der Waals surface area (Å²) < 4.78 is 10.4. The van der Waals surface area contributed by atoms with E-state index in [1.54, 1.807) is 18.2 Å². The van der Waals surface area contributed by atoms with Crippen LogP contribution in [0.15, 0.2) is 24.3 Å². The first-order valence-electron chi connectivity index (χ1n) is 6.49. The second kappa shape index (κ2) is 9.06. The Kier molecular flexibility index (Phi) is 7.31. The molecule has 0 saturated heterocycles. The second-order valence-electron chi connectivity index (χ2n) is 3.98. The van der Waals surface area contributed by atoms with E-state index in [1.807, 2.05) is 6.92 Å². The Morgan fingerprint density at radius 3 is 2.40 bits per heavy atom. The number of nitrogens with two attached hydrogens (primary N) is 1. The van der Waals surface area contributed by atoms with Gasteiger partial charge < -0.3 is 20.5 Å². The van der Waals surface area contributed by atoms with Crippen molar-refractivity contribution in [3.8, 4) is 0 Å². The quantitative estimate of drug-likeness (QED) is 0.647. The predicted octanol–water partition coefficient (Wildman–Crippen LogP) is 0.568. The standard InChI is InChI=1S/C14H20N2O4/c1-2-19-9-10-20-8-7-16-14(18)12-6-4-3-5-11(12)13(15)17/h3-6H,2,7-10H2,1H3,(H2,15,17)(H,16,18). The van der Waals surface area contributed by atoms with Crippen molar-refractivity contribution in [1.29, 1.82) is 0 Å². The van der Waals surface area contributed by atoms with Gasteiger partial charge in [0, 0.05) is 13.2 Å². The molecule has 1 aromatic carbocycles. The minimum atomic E-state index is -0.622. The van der Waals surface area contributed by atoms with Gasteiger partial charge in [-0.15, -0.1) is 0 Å². The highest BCUT2D eigenvalue weighted by atomic mass is 16.5. The molecule has 0 aliphatic carbocycles. The van der Waals surface area contributed by atoms with E-state index in [4.69, 9.17) is 15.2 Å². The first kappa shape index (κ1) is 16.1. The fourth-order valence-corrected chi connectivity index (χ4v) is 1.59. The number of ether oxygens (including phenoxy) is 2. The molecule has 3 N–H and O–H groups in total. The van der Waals surface area contributed by atoms with Crippen molar-refractivity contribution in [1.82, 2.24) is 5.32 Å². The molecule has 6 heteroatoms. The molecule has 0 heterocycles. The fourth-order valence-electron chi connectivity index (χ4n) is 1.59. The lowest BCUT2D eigenvalue weighted by atomic mass is 10.1. The SMILES string of the molecule is CCOCCOCCNC(=O)c1ccccc1C(N)=O. The Balaban J connectivity index is 2.35. The Labute approximate surface area is 118 Å². The van der Waals surface area contributed by atoms with Crippen LogP contribution in [0.1, 0.15) is 27.6 Å². The van der Waals surface area contributed by atoms with E-state index >= 15 is 0 Å². The first-order valence-corrected chi connectivity index (χ1v) is 6.49. The molecule has 0 bridgehead atoms. The van der Waals surface area contributed by atoms with Crippen molar-refractivity contribution < 1.29 is 19.1 Å². The van der Waals surface area contributed by atoms with Crippen LogP contribution in [0.3, 0.4) is 0 Å². The van der Waals surface area contributed by atoms with Gasteiger partial charge in [0.2, 0.25) is 5.91 Å². The van der Waals surface area contributed by atoms with Gasteiger partial charge in [-0.25, -0.2) is 0 Å². The number of carbonyl (C=O) groups excluding carboxylic acids is 2. The van der Waals surface area contributed by atoms with Crippen LogP contribution >= 0.6 is 0 Å². The molecule has 1 aromatic rings. The third-order valence-electron chi connectivity index (χ3n) is 2.55. The lowest BCUT2D eigenvalue weighted by Gasteiger charge is -2.08. The van der Waals surface area contributed by atoms with Crippen LogP contribution in [0.2, 0.25) is 0 Å². The van der Waals surface area contributed by atoms with Crippen molar-refractivity contribution in [2.75, 3.05) is 33.0 Å². The van der Waals surface area contributed by atoms with Gasteiger partial charge in [0.05, 0.1) is 30.9 Å². The zero-order valence-electron chi connectivity index (χ0n) is 11.6. The van der Waals surface area contributed by atoms with E-state index in [0.717, 1.165) is 0 Å². The number of rotatable bonds is 9. The number of carbonyl (C=O) groups is 2. The second-order valence-corrected chi connectivity index (χ2v) is 3.98. The van der Waals surface area contributed by atoms with Gasteiger partial charge in [-0.2, -0.15) is 0 Å². The molecule has 0 spiro atoms. The van der Waals surface area contributed by atoms with Crippen LogP contribution in [-0.2, 0) is 9.47 Å². The number of amides is 2. The van der Waals surface area contributed by atoms with Gasteiger partial charge in [-0.3, -0.25) is 9.59 Å². The van der Waals surface area contributed by atoms with Crippen molar-refractivity contribution in [2.45, 2.75) is 6.92 Å². The molecule has 0 fully saturated rings. The summed E-state index contributed by atoms with van der Waals surface area (Å²) >= 11 is 0. The minimum Gasteiger partial charge on any atom is -0.379 e. The molecule has 0 unspecified atom stereocenters. The van der Waals surface area contributed by atoms with E-state index in [9.17, 15) is 9.59 Å². The van der Waals surface area contributed by atoms with Gasteiger partial charge in [-0.1, -0.05) is 12.1 Å². The van der Waals surface area contributed by atoms with Crippen molar-refractivity contribution >= 4 is 11.8 Å². The van der Waals surface area contributed by atoms with Crippen molar-refractivity contribution in [3.63, 3.8) is 0 Å². The van der Waals surface area contributed by atoms with Crippen LogP contribution in [0.25, 0.3) is 0 Å². The first-order chi connectivity index (χ1) is 9.66. The largest absolute Gasteiger partial charge is 0.379 e. The Bertz CT molecular complexity index is 449. The molecule has 110 valence electrons. The maximum Gasteiger partial charge on any atom is 0.252 e. The van der Waals surface area contributed by atoms with E-state index in [2.05, 4.69) is 5.32 Å². The highest BCUT2D eigenvalue weighted by molar-refractivity contribution is 6.06. The summed E-state index contributed by atoms with van der Waals surface area (Å²) in [7, 11) is 0. The van der Waals surface area contributed by atoms with Gasteiger partial charge in [0.25, 0.3) is 5.91 Å². The third-order valence-corrected chi connectivity index (χ3v) is 2.55. The summed E-state index contributed by atoms with van der Waals surface area (Å²) in [5, 5.41) is 2.67. The molecule has 0 aliphatic heterocycles. The summed E-state index contributed by atoms with van der Waals surface area (Å²) in [6.45, 7) is 4.34. The molecule has 1 rings (SSSR count). The number of benzene rings is 1. The van der Waals surface area contributed by atoms with Crippen LogP contribution in [-0.4, -0.2) is 44.8 Å². The molecule has 20 heavy (non-hydrogen) atoms. The number of primary amides is 1. The summed E-state index contributed by atoms with van der Waals surface area (Å²) in [6, 6.07) is 6.43. The zero-order chi connectivity index (χ0) is 14.8. The van der Waals surface area contributed by atoms with E-state index in [0.29, 0.717) is 33.0 Å². The Morgan fingerprint density at radius 1 is 1.10 bits per heavy atom. The molecule has 0 saturated carbocycles. The summed E-state index contributed by atoms with van der Waals surface area (Å²) in [6.07, 6.45) is 0. The number of hydrogen-bond donors (Lipinski definition) is 2. The molecule has 0 aromatic heterocycles. The maximum absolute atomic E-state index is 11.9. The average molecular weight is 280 g/mol. The lowest BCUT2D eigenvalue weighted by molar-refractivity contribution is 0.0531. The lowest BCUT2D eigenvalue weighted by Crippen LogP contribution is -2.29. The van der Waals surface area contributed by atoms with Crippen LogP contribution in [0.5, 0.6) is 0 Å². The van der Waals surface area contributed by atoms with Crippen LogP contribution in [0.4, 0.5) is 0 Å². The van der Waals surface area contributed by atoms with Crippen molar-refractivity contribution in [3.05, 3.63) is 35.4 Å². The van der Waals surface area contributed by atoms with Crippen LogP contribution < -0.4 is 11.1 Å². The highest BCUT2D eigenvalue weighted by Crippen LogP contribution is 2.07. The van der Waals surface area contributed by atoms with Crippen molar-refractivity contribution in [2.24, 2.45) is 5.73 Å².